The summed E-state index contributed by atoms with van der Waals surface area (Å²) < 4.78 is 15.6. The van der Waals surface area contributed by atoms with Crippen LogP contribution < -0.4 is 4.74 Å². The molecular formula is C14H14O5. The average Bonchev–Trinajstić information content (AvgIpc) is 2.88. The number of carboxylic acids is 1. The van der Waals surface area contributed by atoms with E-state index in [9.17, 15) is 4.79 Å². The number of furan rings is 1. The first-order valence-corrected chi connectivity index (χ1v) is 5.71. The van der Waals surface area contributed by atoms with E-state index >= 15 is 0 Å². The van der Waals surface area contributed by atoms with Gasteiger partial charge in [0.2, 0.25) is 5.76 Å². The van der Waals surface area contributed by atoms with E-state index in [-0.39, 0.29) is 12.4 Å². The Morgan fingerprint density at radius 3 is 2.79 bits per heavy atom. The SMILES string of the molecule is COc1cccc(COCc2ccc(C(=O)O)o2)c1. The van der Waals surface area contributed by atoms with Crippen molar-refractivity contribution in [3.63, 3.8) is 0 Å². The van der Waals surface area contributed by atoms with Crippen molar-refractivity contribution in [2.75, 3.05) is 7.11 Å². The Balaban J connectivity index is 1.86. The molecule has 0 saturated heterocycles. The Kier molecular flexibility index (Phi) is 4.20. The van der Waals surface area contributed by atoms with Crippen LogP contribution in [0.15, 0.2) is 40.8 Å². The third-order valence-corrected chi connectivity index (χ3v) is 2.52. The average molecular weight is 262 g/mol. The predicted molar refractivity (Wildman–Crippen MR) is 67.2 cm³/mol. The van der Waals surface area contributed by atoms with Crippen LogP contribution in [0.2, 0.25) is 0 Å². The van der Waals surface area contributed by atoms with Gasteiger partial charge < -0.3 is 19.0 Å². The molecule has 0 saturated carbocycles. The monoisotopic (exact) mass is 262 g/mol. The molecule has 0 bridgehead atoms. The van der Waals surface area contributed by atoms with E-state index in [1.165, 1.54) is 6.07 Å². The van der Waals surface area contributed by atoms with Crippen molar-refractivity contribution in [3.05, 3.63) is 53.5 Å². The Morgan fingerprint density at radius 2 is 2.11 bits per heavy atom. The summed E-state index contributed by atoms with van der Waals surface area (Å²) in [5.41, 5.74) is 0.976. The molecular weight excluding hydrogens is 248 g/mol. The number of ether oxygens (including phenoxy) is 2. The lowest BCUT2D eigenvalue weighted by atomic mass is 10.2. The molecule has 0 atom stereocenters. The molecule has 5 heteroatoms. The highest BCUT2D eigenvalue weighted by molar-refractivity contribution is 5.84. The number of carbonyl (C=O) groups is 1. The molecule has 0 spiro atoms. The van der Waals surface area contributed by atoms with Gasteiger partial charge in [-0.05, 0) is 29.8 Å². The molecule has 0 aliphatic carbocycles. The molecule has 1 aromatic carbocycles. The lowest BCUT2D eigenvalue weighted by Gasteiger charge is -2.05. The highest BCUT2D eigenvalue weighted by Gasteiger charge is 2.08. The highest BCUT2D eigenvalue weighted by Crippen LogP contribution is 2.14. The van der Waals surface area contributed by atoms with Crippen molar-refractivity contribution in [2.45, 2.75) is 13.2 Å². The van der Waals surface area contributed by atoms with E-state index < -0.39 is 5.97 Å². The highest BCUT2D eigenvalue weighted by atomic mass is 16.5. The Hall–Kier alpha value is -2.27. The number of aromatic carboxylic acids is 1. The topological polar surface area (TPSA) is 68.9 Å². The van der Waals surface area contributed by atoms with Gasteiger partial charge in [-0.25, -0.2) is 4.79 Å². The lowest BCUT2D eigenvalue weighted by molar-refractivity contribution is 0.0640. The van der Waals surface area contributed by atoms with Gasteiger partial charge in [0, 0.05) is 0 Å². The zero-order valence-electron chi connectivity index (χ0n) is 10.5. The first-order chi connectivity index (χ1) is 9.19. The van der Waals surface area contributed by atoms with Gasteiger partial charge >= 0.3 is 5.97 Å². The van der Waals surface area contributed by atoms with Crippen LogP contribution >= 0.6 is 0 Å². The van der Waals surface area contributed by atoms with Crippen LogP contribution in [0, 0.1) is 0 Å². The van der Waals surface area contributed by atoms with E-state index in [0.717, 1.165) is 11.3 Å². The molecule has 0 unspecified atom stereocenters. The summed E-state index contributed by atoms with van der Waals surface area (Å²) >= 11 is 0. The van der Waals surface area contributed by atoms with Crippen LogP contribution in [-0.4, -0.2) is 18.2 Å². The van der Waals surface area contributed by atoms with Gasteiger partial charge in [0.05, 0.1) is 13.7 Å². The van der Waals surface area contributed by atoms with Crippen molar-refractivity contribution in [3.8, 4) is 5.75 Å². The molecule has 0 amide bonds. The minimum Gasteiger partial charge on any atom is -0.497 e. The van der Waals surface area contributed by atoms with Gasteiger partial charge in [0.15, 0.2) is 0 Å². The summed E-state index contributed by atoms with van der Waals surface area (Å²) in [6, 6.07) is 10.5. The van der Waals surface area contributed by atoms with E-state index in [4.69, 9.17) is 19.0 Å². The molecule has 1 N–H and O–H groups in total. The minimum absolute atomic E-state index is 0.0834. The quantitative estimate of drug-likeness (QED) is 0.866. The van der Waals surface area contributed by atoms with Crippen molar-refractivity contribution in [1.29, 1.82) is 0 Å². The van der Waals surface area contributed by atoms with Gasteiger partial charge in [-0.1, -0.05) is 12.1 Å². The van der Waals surface area contributed by atoms with Crippen LogP contribution in [0.25, 0.3) is 0 Å². The number of hydrogen-bond acceptors (Lipinski definition) is 4. The van der Waals surface area contributed by atoms with Crippen LogP contribution in [0.4, 0.5) is 0 Å². The fraction of sp³-hybridized carbons (Fsp3) is 0.214. The maximum atomic E-state index is 10.6. The fourth-order valence-electron chi connectivity index (χ4n) is 1.60. The number of carboxylic acid groups (broad SMARTS) is 1. The zero-order valence-corrected chi connectivity index (χ0v) is 10.5. The first-order valence-electron chi connectivity index (χ1n) is 5.71. The van der Waals surface area contributed by atoms with Crippen LogP contribution in [0.1, 0.15) is 21.9 Å². The van der Waals surface area contributed by atoms with Crippen LogP contribution in [0.3, 0.4) is 0 Å². The van der Waals surface area contributed by atoms with Gasteiger partial charge in [0.25, 0.3) is 0 Å². The van der Waals surface area contributed by atoms with Gasteiger partial charge in [-0.3, -0.25) is 0 Å². The summed E-state index contributed by atoms with van der Waals surface area (Å²) in [6.45, 7) is 0.630. The molecule has 0 aliphatic heterocycles. The molecule has 19 heavy (non-hydrogen) atoms. The van der Waals surface area contributed by atoms with E-state index in [1.54, 1.807) is 13.2 Å². The van der Waals surface area contributed by atoms with E-state index in [0.29, 0.717) is 12.4 Å². The molecule has 0 fully saturated rings. The Morgan fingerprint density at radius 1 is 1.26 bits per heavy atom. The summed E-state index contributed by atoms with van der Waals surface area (Å²) in [6.07, 6.45) is 0. The molecule has 100 valence electrons. The van der Waals surface area contributed by atoms with Crippen LogP contribution in [0.5, 0.6) is 5.75 Å². The standard InChI is InChI=1S/C14H14O5/c1-17-11-4-2-3-10(7-11)8-18-9-12-5-6-13(19-12)14(15)16/h2-7H,8-9H2,1H3,(H,15,16). The normalized spacial score (nSPS) is 10.4. The molecule has 5 nitrogen and oxygen atoms in total. The largest absolute Gasteiger partial charge is 0.497 e. The third kappa shape index (κ3) is 3.59. The molecule has 0 radical (unpaired) electrons. The van der Waals surface area contributed by atoms with Gasteiger partial charge in [-0.2, -0.15) is 0 Å². The van der Waals surface area contributed by atoms with Crippen LogP contribution in [-0.2, 0) is 18.0 Å². The zero-order chi connectivity index (χ0) is 13.7. The smallest absolute Gasteiger partial charge is 0.371 e. The number of benzene rings is 1. The third-order valence-electron chi connectivity index (χ3n) is 2.52. The maximum Gasteiger partial charge on any atom is 0.371 e. The number of methoxy groups -OCH3 is 1. The molecule has 2 rings (SSSR count). The number of hydrogen-bond donors (Lipinski definition) is 1. The van der Waals surface area contributed by atoms with Crippen molar-refractivity contribution >= 4 is 5.97 Å². The molecule has 1 aromatic heterocycles. The number of rotatable bonds is 6. The summed E-state index contributed by atoms with van der Waals surface area (Å²) in [5, 5.41) is 8.71. The Bertz CT molecular complexity index is 558. The van der Waals surface area contributed by atoms with Gasteiger partial charge in [-0.15, -0.1) is 0 Å². The molecule has 2 aromatic rings. The second-order valence-electron chi connectivity index (χ2n) is 3.92. The van der Waals surface area contributed by atoms with Crippen molar-refractivity contribution in [2.24, 2.45) is 0 Å². The van der Waals surface area contributed by atoms with Crippen molar-refractivity contribution < 1.29 is 23.8 Å². The second-order valence-corrected chi connectivity index (χ2v) is 3.92. The fourth-order valence-corrected chi connectivity index (χ4v) is 1.60. The first kappa shape index (κ1) is 13.2. The van der Waals surface area contributed by atoms with Gasteiger partial charge in [0.1, 0.15) is 18.1 Å². The second kappa shape index (κ2) is 6.06. The summed E-state index contributed by atoms with van der Waals surface area (Å²) in [7, 11) is 1.61. The summed E-state index contributed by atoms with van der Waals surface area (Å²) in [5.74, 6) is 0.0894. The minimum atomic E-state index is -1.08. The Labute approximate surface area is 110 Å². The molecule has 0 aliphatic rings. The molecule has 1 heterocycles. The van der Waals surface area contributed by atoms with Crippen molar-refractivity contribution in [1.82, 2.24) is 0 Å². The van der Waals surface area contributed by atoms with E-state index in [1.807, 2.05) is 24.3 Å². The summed E-state index contributed by atoms with van der Waals surface area (Å²) in [4.78, 5) is 10.6. The lowest BCUT2D eigenvalue weighted by Crippen LogP contribution is -1.95. The van der Waals surface area contributed by atoms with E-state index in [2.05, 4.69) is 0 Å². The maximum absolute atomic E-state index is 10.6. The predicted octanol–water partition coefficient (Wildman–Crippen LogP) is 2.70.